The summed E-state index contributed by atoms with van der Waals surface area (Å²) in [7, 11) is 0. The quantitative estimate of drug-likeness (QED) is 0.255. The summed E-state index contributed by atoms with van der Waals surface area (Å²) in [6, 6.07) is 7.50. The van der Waals surface area contributed by atoms with E-state index in [9.17, 15) is 19.5 Å². The number of aliphatic hydroxyl groups excluding tert-OH is 1. The Balaban J connectivity index is 1.59. The molecule has 0 unspecified atom stereocenters. The predicted octanol–water partition coefficient (Wildman–Crippen LogP) is 3.80. The summed E-state index contributed by atoms with van der Waals surface area (Å²) in [5.74, 6) is -0.991. The summed E-state index contributed by atoms with van der Waals surface area (Å²) in [5, 5.41) is 9.94. The van der Waals surface area contributed by atoms with E-state index in [0.717, 1.165) is 43.2 Å². The molecule has 0 spiro atoms. The van der Waals surface area contributed by atoms with Crippen molar-refractivity contribution < 1.29 is 24.2 Å². The molecule has 7 nitrogen and oxygen atoms in total. The van der Waals surface area contributed by atoms with Crippen molar-refractivity contribution in [3.8, 4) is 0 Å². The number of likely N-dealkylation sites (tertiary alicyclic amines) is 1. The highest BCUT2D eigenvalue weighted by Gasteiger charge is 2.36. The fraction of sp³-hybridized carbons (Fsp3) is 0.552. The number of amides is 2. The van der Waals surface area contributed by atoms with Crippen LogP contribution < -0.4 is 0 Å². The average Bonchev–Trinajstić information content (AvgIpc) is 3.37. The Morgan fingerprint density at radius 2 is 1.86 bits per heavy atom. The number of ether oxygens (including phenoxy) is 1. The summed E-state index contributed by atoms with van der Waals surface area (Å²) in [5.41, 5.74) is 2.22. The molecule has 2 aliphatic heterocycles. The van der Waals surface area contributed by atoms with Crippen molar-refractivity contribution in [2.75, 3.05) is 19.8 Å². The summed E-state index contributed by atoms with van der Waals surface area (Å²) in [6.07, 6.45) is 9.12. The summed E-state index contributed by atoms with van der Waals surface area (Å²) in [4.78, 5) is 42.5. The zero-order valence-electron chi connectivity index (χ0n) is 21.3. The molecule has 0 bridgehead atoms. The van der Waals surface area contributed by atoms with Crippen LogP contribution in [0.4, 0.5) is 0 Å². The minimum absolute atomic E-state index is 0.0653. The Labute approximate surface area is 214 Å². The minimum Gasteiger partial charge on any atom is -0.463 e. The van der Waals surface area contributed by atoms with E-state index in [1.807, 2.05) is 30.3 Å². The Morgan fingerprint density at radius 3 is 2.58 bits per heavy atom. The molecule has 36 heavy (non-hydrogen) atoms. The number of rotatable bonds is 13. The number of nitrogens with zero attached hydrogens (tertiary/aromatic N) is 2. The lowest BCUT2D eigenvalue weighted by Crippen LogP contribution is -2.48. The van der Waals surface area contributed by atoms with Crippen LogP contribution in [-0.4, -0.2) is 64.5 Å². The molecular formula is C29H40N2O5. The fourth-order valence-corrected chi connectivity index (χ4v) is 5.20. The summed E-state index contributed by atoms with van der Waals surface area (Å²) >= 11 is 0. The number of carbonyl (C=O) groups is 3. The van der Waals surface area contributed by atoms with Crippen LogP contribution in [0.1, 0.15) is 62.5 Å². The van der Waals surface area contributed by atoms with Gasteiger partial charge >= 0.3 is 5.97 Å². The standard InChI is InChI=1S/C29H40N2O5/c1-3-5-6-7-15-28(34)36-21-25-14-10-16-30(25)29(35)23(11-4-2)18-27(33)31-19-24-13-9-8-12-22(24)17-26(31)20-32/h3-4,8-9,12-13,23,25-26,32H,1-2,5-7,10-11,14-21H2/t23-,25+,26+/m1/s1. The van der Waals surface area contributed by atoms with Crippen molar-refractivity contribution in [3.63, 3.8) is 0 Å². The second kappa shape index (κ2) is 14.0. The molecule has 0 aromatic heterocycles. The van der Waals surface area contributed by atoms with E-state index in [2.05, 4.69) is 13.2 Å². The molecule has 0 saturated carbocycles. The summed E-state index contributed by atoms with van der Waals surface area (Å²) < 4.78 is 5.48. The number of unbranched alkanes of at least 4 members (excludes halogenated alkanes) is 2. The first-order valence-corrected chi connectivity index (χ1v) is 13.1. The molecule has 7 heteroatoms. The van der Waals surface area contributed by atoms with Crippen LogP contribution in [0.15, 0.2) is 49.6 Å². The first kappa shape index (κ1) is 27.7. The topological polar surface area (TPSA) is 87.2 Å². The number of esters is 1. The first-order chi connectivity index (χ1) is 17.5. The predicted molar refractivity (Wildman–Crippen MR) is 139 cm³/mol. The lowest BCUT2D eigenvalue weighted by Gasteiger charge is -2.37. The third-order valence-corrected chi connectivity index (χ3v) is 7.24. The van der Waals surface area contributed by atoms with Gasteiger partial charge in [-0.2, -0.15) is 0 Å². The average molecular weight is 497 g/mol. The number of benzene rings is 1. The van der Waals surface area contributed by atoms with Gasteiger partial charge in [-0.15, -0.1) is 13.2 Å². The van der Waals surface area contributed by atoms with Gasteiger partial charge in [0.25, 0.3) is 0 Å². The van der Waals surface area contributed by atoms with Gasteiger partial charge in [-0.25, -0.2) is 0 Å². The van der Waals surface area contributed by atoms with E-state index < -0.39 is 5.92 Å². The van der Waals surface area contributed by atoms with Gasteiger partial charge in [0.1, 0.15) is 6.61 Å². The SMILES string of the molecule is C=CCCCCC(=O)OC[C@@H]1CCCN1C(=O)[C@H](CC=C)CC(=O)N1Cc2ccccc2C[C@H]1CO. The molecule has 1 N–H and O–H groups in total. The van der Waals surface area contributed by atoms with Gasteiger partial charge in [0.2, 0.25) is 11.8 Å². The fourth-order valence-electron chi connectivity index (χ4n) is 5.20. The highest BCUT2D eigenvalue weighted by molar-refractivity contribution is 5.86. The van der Waals surface area contributed by atoms with Crippen LogP contribution in [0.2, 0.25) is 0 Å². The highest BCUT2D eigenvalue weighted by Crippen LogP contribution is 2.27. The van der Waals surface area contributed by atoms with Gasteiger partial charge in [0, 0.05) is 25.9 Å². The molecule has 196 valence electrons. The van der Waals surface area contributed by atoms with E-state index >= 15 is 0 Å². The van der Waals surface area contributed by atoms with Gasteiger partial charge in [-0.3, -0.25) is 14.4 Å². The van der Waals surface area contributed by atoms with Crippen molar-refractivity contribution in [1.29, 1.82) is 0 Å². The monoisotopic (exact) mass is 496 g/mol. The molecule has 2 heterocycles. The Hall–Kier alpha value is -2.93. The molecule has 1 saturated heterocycles. The largest absolute Gasteiger partial charge is 0.463 e. The number of hydrogen-bond donors (Lipinski definition) is 1. The van der Waals surface area contributed by atoms with Crippen molar-refractivity contribution >= 4 is 17.8 Å². The van der Waals surface area contributed by atoms with Crippen LogP contribution in [0, 0.1) is 5.92 Å². The van der Waals surface area contributed by atoms with Gasteiger partial charge in [0.15, 0.2) is 0 Å². The van der Waals surface area contributed by atoms with Gasteiger partial charge in [-0.05, 0) is 56.1 Å². The molecule has 2 amide bonds. The van der Waals surface area contributed by atoms with E-state index in [4.69, 9.17) is 4.74 Å². The second-order valence-corrected chi connectivity index (χ2v) is 9.80. The van der Waals surface area contributed by atoms with Crippen LogP contribution in [-0.2, 0) is 32.1 Å². The van der Waals surface area contributed by atoms with Crippen molar-refractivity contribution in [2.24, 2.45) is 5.92 Å². The Morgan fingerprint density at radius 1 is 1.08 bits per heavy atom. The third kappa shape index (κ3) is 7.29. The third-order valence-electron chi connectivity index (χ3n) is 7.24. The maximum Gasteiger partial charge on any atom is 0.305 e. The molecule has 3 atom stereocenters. The zero-order valence-corrected chi connectivity index (χ0v) is 21.3. The van der Waals surface area contributed by atoms with E-state index in [0.29, 0.717) is 32.4 Å². The van der Waals surface area contributed by atoms with Crippen LogP contribution in [0.3, 0.4) is 0 Å². The highest BCUT2D eigenvalue weighted by atomic mass is 16.5. The number of carbonyl (C=O) groups excluding carboxylic acids is 3. The smallest absolute Gasteiger partial charge is 0.305 e. The lowest BCUT2D eigenvalue weighted by molar-refractivity contribution is -0.149. The maximum absolute atomic E-state index is 13.5. The molecule has 1 aromatic rings. The van der Waals surface area contributed by atoms with Crippen LogP contribution >= 0.6 is 0 Å². The van der Waals surface area contributed by atoms with E-state index in [1.165, 1.54) is 0 Å². The van der Waals surface area contributed by atoms with E-state index in [1.54, 1.807) is 15.9 Å². The molecule has 1 fully saturated rings. The summed E-state index contributed by atoms with van der Waals surface area (Å²) in [6.45, 7) is 8.59. The maximum atomic E-state index is 13.5. The Kier molecular flexibility index (Phi) is 10.7. The van der Waals surface area contributed by atoms with Crippen LogP contribution in [0.5, 0.6) is 0 Å². The molecule has 3 rings (SSSR count). The van der Waals surface area contributed by atoms with Crippen molar-refractivity contribution in [1.82, 2.24) is 9.80 Å². The lowest BCUT2D eigenvalue weighted by atomic mass is 9.92. The number of fused-ring (bicyclic) bond motifs is 1. The first-order valence-electron chi connectivity index (χ1n) is 13.1. The number of allylic oxidation sites excluding steroid dienone is 2. The molecule has 0 radical (unpaired) electrons. The minimum atomic E-state index is -0.526. The molecule has 2 aliphatic rings. The van der Waals surface area contributed by atoms with Gasteiger partial charge < -0.3 is 19.6 Å². The van der Waals surface area contributed by atoms with Crippen LogP contribution in [0.25, 0.3) is 0 Å². The molecule has 0 aliphatic carbocycles. The van der Waals surface area contributed by atoms with Gasteiger partial charge in [-0.1, -0.05) is 36.4 Å². The number of aliphatic hydroxyl groups is 1. The van der Waals surface area contributed by atoms with Gasteiger partial charge in [0.05, 0.1) is 24.6 Å². The van der Waals surface area contributed by atoms with Crippen molar-refractivity contribution in [2.45, 2.75) is 76.4 Å². The Bertz CT molecular complexity index is 930. The van der Waals surface area contributed by atoms with Crippen molar-refractivity contribution in [3.05, 3.63) is 60.7 Å². The second-order valence-electron chi connectivity index (χ2n) is 9.80. The molecule has 1 aromatic carbocycles. The number of hydrogen-bond acceptors (Lipinski definition) is 5. The van der Waals surface area contributed by atoms with E-state index in [-0.39, 0.29) is 49.5 Å². The zero-order chi connectivity index (χ0) is 25.9. The molecular weight excluding hydrogens is 456 g/mol. The normalized spacial score (nSPS) is 19.9.